The summed E-state index contributed by atoms with van der Waals surface area (Å²) in [6, 6.07) is 12.2. The number of fused-ring (bicyclic) bond motifs is 3. The number of ether oxygens (including phenoxy) is 3. The van der Waals surface area contributed by atoms with Gasteiger partial charge in [-0.05, 0) is 61.6 Å². The predicted molar refractivity (Wildman–Crippen MR) is 140 cm³/mol. The van der Waals surface area contributed by atoms with Gasteiger partial charge in [0.2, 0.25) is 11.5 Å². The summed E-state index contributed by atoms with van der Waals surface area (Å²) < 4.78 is 17.5. The molecule has 1 N–H and O–H groups in total. The summed E-state index contributed by atoms with van der Waals surface area (Å²) in [6.45, 7) is 4.67. The zero-order valence-electron chi connectivity index (χ0n) is 21.7. The largest absolute Gasteiger partial charge is 0.493 e. The zero-order valence-corrected chi connectivity index (χ0v) is 21.7. The fraction of sp³-hybridized carbons (Fsp3) is 0.483. The fourth-order valence-electron chi connectivity index (χ4n) is 6.08. The summed E-state index contributed by atoms with van der Waals surface area (Å²) >= 11 is 0. The van der Waals surface area contributed by atoms with E-state index in [1.807, 2.05) is 43.0 Å². The summed E-state index contributed by atoms with van der Waals surface area (Å²) in [5.41, 5.74) is 2.00. The number of aromatic nitrogens is 2. The predicted octanol–water partition coefficient (Wildman–Crippen LogP) is 4.71. The number of rotatable bonds is 6. The Hall–Kier alpha value is -3.39. The molecule has 8 nitrogen and oxygen atoms in total. The smallest absolute Gasteiger partial charge is 0.254 e. The first-order chi connectivity index (χ1) is 17.9. The zero-order chi connectivity index (χ0) is 25.6. The number of carbonyl (C=O) groups excluding carboxylic acids is 1. The number of carbonyl (C=O) groups is 1. The molecule has 6 rings (SSSR count). The molecule has 4 heterocycles. The van der Waals surface area contributed by atoms with Gasteiger partial charge in [0.05, 0.1) is 19.3 Å². The maximum atomic E-state index is 14.0. The quantitative estimate of drug-likeness (QED) is 0.523. The lowest BCUT2D eigenvalue weighted by Gasteiger charge is -2.27. The highest BCUT2D eigenvalue weighted by atomic mass is 16.7. The Morgan fingerprint density at radius 1 is 1.19 bits per heavy atom. The second-order valence-corrected chi connectivity index (χ2v) is 10.9. The summed E-state index contributed by atoms with van der Waals surface area (Å²) in [6.07, 6.45) is 7.92. The van der Waals surface area contributed by atoms with Crippen molar-refractivity contribution in [1.82, 2.24) is 20.2 Å². The molecule has 1 aromatic carbocycles. The van der Waals surface area contributed by atoms with Gasteiger partial charge in [-0.1, -0.05) is 12.8 Å². The van der Waals surface area contributed by atoms with Gasteiger partial charge >= 0.3 is 0 Å². The van der Waals surface area contributed by atoms with Crippen LogP contribution in [0.15, 0.2) is 42.6 Å². The normalized spacial score (nSPS) is 23.6. The van der Waals surface area contributed by atoms with Crippen LogP contribution in [0.4, 0.5) is 0 Å². The molecule has 1 amide bonds. The molecule has 0 spiro atoms. The molecular weight excluding hydrogens is 468 g/mol. The maximum Gasteiger partial charge on any atom is 0.254 e. The molecule has 8 heteroatoms. The van der Waals surface area contributed by atoms with Gasteiger partial charge in [0, 0.05) is 49.6 Å². The molecule has 1 aliphatic carbocycles. The number of methoxy groups -OCH3 is 1. The fourth-order valence-corrected chi connectivity index (χ4v) is 6.08. The molecule has 1 saturated carbocycles. The van der Waals surface area contributed by atoms with E-state index in [4.69, 9.17) is 19.2 Å². The number of nitrogens with one attached hydrogen (secondary N) is 1. The molecule has 2 aromatic heterocycles. The third-order valence-corrected chi connectivity index (χ3v) is 7.74. The SMILES string of the molecule is COc1cc(C(=O)N(Cc2ccc3cccnc3n2)C[C@@H]2C[C@@H]3CCCCC3N2)cc2c1OC(C)(C)O2. The average Bonchev–Trinajstić information content (AvgIpc) is 3.45. The van der Waals surface area contributed by atoms with Gasteiger partial charge in [-0.3, -0.25) is 4.79 Å². The van der Waals surface area contributed by atoms with Crippen LogP contribution in [0.1, 0.15) is 62.0 Å². The minimum atomic E-state index is -0.816. The number of hydrogen-bond acceptors (Lipinski definition) is 7. The molecule has 0 bridgehead atoms. The summed E-state index contributed by atoms with van der Waals surface area (Å²) in [4.78, 5) is 25.1. The van der Waals surface area contributed by atoms with Crippen molar-refractivity contribution in [2.45, 2.75) is 70.4 Å². The molecule has 3 atom stereocenters. The van der Waals surface area contributed by atoms with Gasteiger partial charge in [0.15, 0.2) is 17.1 Å². The molecule has 194 valence electrons. The van der Waals surface area contributed by atoms with Crippen molar-refractivity contribution in [3.05, 3.63) is 53.9 Å². The van der Waals surface area contributed by atoms with Crippen molar-refractivity contribution in [3.8, 4) is 17.2 Å². The lowest BCUT2D eigenvalue weighted by molar-refractivity contribution is -0.0439. The minimum absolute atomic E-state index is 0.0889. The van der Waals surface area contributed by atoms with Gasteiger partial charge < -0.3 is 24.4 Å². The van der Waals surface area contributed by atoms with Gasteiger partial charge in [-0.2, -0.15) is 0 Å². The van der Waals surface area contributed by atoms with E-state index in [2.05, 4.69) is 10.3 Å². The van der Waals surface area contributed by atoms with Crippen LogP contribution in [0.2, 0.25) is 0 Å². The van der Waals surface area contributed by atoms with E-state index in [9.17, 15) is 4.79 Å². The molecule has 1 unspecified atom stereocenters. The van der Waals surface area contributed by atoms with E-state index in [-0.39, 0.29) is 11.9 Å². The monoisotopic (exact) mass is 502 g/mol. The van der Waals surface area contributed by atoms with E-state index in [1.54, 1.807) is 25.4 Å². The van der Waals surface area contributed by atoms with Crippen LogP contribution >= 0.6 is 0 Å². The topological polar surface area (TPSA) is 85.8 Å². The average molecular weight is 503 g/mol. The second-order valence-electron chi connectivity index (χ2n) is 10.9. The number of amides is 1. The third kappa shape index (κ3) is 4.82. The minimum Gasteiger partial charge on any atom is -0.493 e. The molecule has 1 saturated heterocycles. The molecule has 2 aliphatic heterocycles. The first-order valence-electron chi connectivity index (χ1n) is 13.2. The van der Waals surface area contributed by atoms with Crippen LogP contribution < -0.4 is 19.5 Å². The Labute approximate surface area is 217 Å². The highest BCUT2D eigenvalue weighted by molar-refractivity contribution is 5.95. The third-order valence-electron chi connectivity index (χ3n) is 7.74. The van der Waals surface area contributed by atoms with Crippen molar-refractivity contribution >= 4 is 16.9 Å². The number of nitrogens with zero attached hydrogens (tertiary/aromatic N) is 3. The summed E-state index contributed by atoms with van der Waals surface area (Å²) in [7, 11) is 1.58. The Balaban J connectivity index is 1.30. The second kappa shape index (κ2) is 9.49. The van der Waals surface area contributed by atoms with E-state index < -0.39 is 5.79 Å². The molecule has 3 aliphatic rings. The molecule has 2 fully saturated rings. The summed E-state index contributed by atoms with van der Waals surface area (Å²) in [5.74, 6) is 1.33. The van der Waals surface area contributed by atoms with Crippen LogP contribution in [-0.4, -0.2) is 52.3 Å². The van der Waals surface area contributed by atoms with Crippen molar-refractivity contribution < 1.29 is 19.0 Å². The lowest BCUT2D eigenvalue weighted by Crippen LogP contribution is -2.43. The van der Waals surface area contributed by atoms with Crippen molar-refractivity contribution in [2.24, 2.45) is 5.92 Å². The Morgan fingerprint density at radius 2 is 2.05 bits per heavy atom. The number of benzene rings is 1. The van der Waals surface area contributed by atoms with Crippen LogP contribution in [-0.2, 0) is 6.54 Å². The Bertz CT molecular complexity index is 1310. The molecule has 0 radical (unpaired) electrons. The molecule has 3 aromatic rings. The van der Waals surface area contributed by atoms with E-state index in [0.717, 1.165) is 17.5 Å². The van der Waals surface area contributed by atoms with Crippen molar-refractivity contribution in [3.63, 3.8) is 0 Å². The van der Waals surface area contributed by atoms with Gasteiger partial charge in [-0.25, -0.2) is 9.97 Å². The van der Waals surface area contributed by atoms with Crippen LogP contribution in [0.5, 0.6) is 17.2 Å². The molecule has 37 heavy (non-hydrogen) atoms. The van der Waals surface area contributed by atoms with Crippen LogP contribution in [0, 0.1) is 5.92 Å². The Morgan fingerprint density at radius 3 is 2.89 bits per heavy atom. The van der Waals surface area contributed by atoms with E-state index in [0.29, 0.717) is 53.5 Å². The van der Waals surface area contributed by atoms with Crippen molar-refractivity contribution in [1.29, 1.82) is 0 Å². The van der Waals surface area contributed by atoms with Crippen LogP contribution in [0.3, 0.4) is 0 Å². The van der Waals surface area contributed by atoms with E-state index in [1.165, 1.54) is 25.7 Å². The highest BCUT2D eigenvalue weighted by Crippen LogP contribution is 2.47. The standard InChI is InChI=1S/C29H34N4O4/c1-29(2)36-25-15-20(14-24(35-3)26(25)37-29)28(34)33(17-22-13-19-7-4-5-9-23(19)31-22)16-21-11-10-18-8-6-12-30-27(18)32-21/h6,8,10-12,14-15,19,22-23,31H,4-5,7,9,13,16-17H2,1-3H3/t19-,22-,23?/m0/s1. The number of pyridine rings is 2. The lowest BCUT2D eigenvalue weighted by atomic mass is 9.85. The first-order valence-corrected chi connectivity index (χ1v) is 13.2. The molecular formula is C29H34N4O4. The van der Waals surface area contributed by atoms with Gasteiger partial charge in [-0.15, -0.1) is 0 Å². The first kappa shape index (κ1) is 24.0. The number of hydrogen-bond donors (Lipinski definition) is 1. The van der Waals surface area contributed by atoms with Crippen LogP contribution in [0.25, 0.3) is 11.0 Å². The highest BCUT2D eigenvalue weighted by Gasteiger charge is 2.38. The van der Waals surface area contributed by atoms with Crippen molar-refractivity contribution in [2.75, 3.05) is 13.7 Å². The van der Waals surface area contributed by atoms with Gasteiger partial charge in [0.1, 0.15) is 0 Å². The summed E-state index contributed by atoms with van der Waals surface area (Å²) in [5, 5.41) is 4.80. The Kier molecular flexibility index (Phi) is 6.15. The maximum absolute atomic E-state index is 14.0. The van der Waals surface area contributed by atoms with E-state index >= 15 is 0 Å². The van der Waals surface area contributed by atoms with Gasteiger partial charge in [0.25, 0.3) is 5.91 Å².